The van der Waals surface area contributed by atoms with Gasteiger partial charge >= 0.3 is 5.97 Å². The molecule has 0 aliphatic heterocycles. The number of benzene rings is 2. The zero-order chi connectivity index (χ0) is 22.5. The van der Waals surface area contributed by atoms with Gasteiger partial charge in [-0.2, -0.15) is 4.31 Å². The lowest BCUT2D eigenvalue weighted by Gasteiger charge is -2.32. The van der Waals surface area contributed by atoms with E-state index < -0.39 is 27.6 Å². The summed E-state index contributed by atoms with van der Waals surface area (Å²) >= 11 is 0. The third-order valence-electron chi connectivity index (χ3n) is 4.51. The molecule has 0 aromatic heterocycles. The number of nitrogens with zero attached hydrogens (tertiary/aromatic N) is 1. The molecule has 1 atom stereocenters. The van der Waals surface area contributed by atoms with Gasteiger partial charge < -0.3 is 4.74 Å². The fourth-order valence-electron chi connectivity index (χ4n) is 3.03. The molecule has 0 amide bonds. The number of esters is 1. The first kappa shape index (κ1) is 23.8. The lowest BCUT2D eigenvalue weighted by Crippen LogP contribution is -2.42. The standard InChI is InChI=1S/C24H31NO4S/c1-18(2)22(16-23(26)29-24(4,5)6)25(17-20-10-8-7-9-11-20)30(27,28)21-14-12-19(3)13-15-21/h7-15,22H,1,16-17H2,2-6H3. The van der Waals surface area contributed by atoms with Gasteiger partial charge in [0.15, 0.2) is 0 Å². The van der Waals surface area contributed by atoms with Crippen LogP contribution < -0.4 is 0 Å². The average molecular weight is 430 g/mol. The van der Waals surface area contributed by atoms with Crippen LogP contribution in [-0.4, -0.2) is 30.3 Å². The van der Waals surface area contributed by atoms with Crippen LogP contribution in [0.3, 0.4) is 0 Å². The first-order valence-electron chi connectivity index (χ1n) is 9.90. The Morgan fingerprint density at radius 3 is 2.13 bits per heavy atom. The monoisotopic (exact) mass is 429 g/mol. The maximum absolute atomic E-state index is 13.6. The van der Waals surface area contributed by atoms with E-state index in [2.05, 4.69) is 6.58 Å². The number of aryl methyl sites for hydroxylation is 1. The summed E-state index contributed by atoms with van der Waals surface area (Å²) in [7, 11) is -3.88. The maximum atomic E-state index is 13.6. The number of rotatable bonds is 8. The Kier molecular flexibility index (Phi) is 7.61. The van der Waals surface area contributed by atoms with Gasteiger partial charge in [0.2, 0.25) is 10.0 Å². The number of ether oxygens (including phenoxy) is 1. The summed E-state index contributed by atoms with van der Waals surface area (Å²) in [6.45, 7) is 13.1. The van der Waals surface area contributed by atoms with E-state index >= 15 is 0 Å². The topological polar surface area (TPSA) is 63.7 Å². The predicted molar refractivity (Wildman–Crippen MR) is 119 cm³/mol. The fraction of sp³-hybridized carbons (Fsp3) is 0.375. The van der Waals surface area contributed by atoms with Crippen molar-refractivity contribution in [1.82, 2.24) is 4.31 Å². The first-order valence-corrected chi connectivity index (χ1v) is 11.3. The molecule has 1 unspecified atom stereocenters. The molecular formula is C24H31NO4S. The summed E-state index contributed by atoms with van der Waals surface area (Å²) in [5.41, 5.74) is 1.71. The van der Waals surface area contributed by atoms with Crippen LogP contribution in [0.5, 0.6) is 0 Å². The highest BCUT2D eigenvalue weighted by molar-refractivity contribution is 7.89. The molecule has 0 saturated carbocycles. The van der Waals surface area contributed by atoms with Crippen LogP contribution in [0.2, 0.25) is 0 Å². The van der Waals surface area contributed by atoms with Crippen LogP contribution in [0.25, 0.3) is 0 Å². The lowest BCUT2D eigenvalue weighted by atomic mass is 10.1. The number of hydrogen-bond acceptors (Lipinski definition) is 4. The Hall–Kier alpha value is -2.44. The smallest absolute Gasteiger partial charge is 0.308 e. The highest BCUT2D eigenvalue weighted by atomic mass is 32.2. The molecule has 0 heterocycles. The van der Waals surface area contributed by atoms with Crippen molar-refractivity contribution in [3.05, 3.63) is 77.9 Å². The van der Waals surface area contributed by atoms with E-state index in [1.165, 1.54) is 4.31 Å². The molecule has 0 fully saturated rings. The van der Waals surface area contributed by atoms with Crippen molar-refractivity contribution in [2.75, 3.05) is 0 Å². The number of sulfonamides is 1. The van der Waals surface area contributed by atoms with Gasteiger partial charge in [-0.1, -0.05) is 60.2 Å². The zero-order valence-electron chi connectivity index (χ0n) is 18.4. The minimum atomic E-state index is -3.88. The molecule has 0 radical (unpaired) electrons. The molecule has 0 saturated heterocycles. The second kappa shape index (κ2) is 9.58. The average Bonchev–Trinajstić information content (AvgIpc) is 2.64. The Bertz CT molecular complexity index is 974. The quantitative estimate of drug-likeness (QED) is 0.444. The largest absolute Gasteiger partial charge is 0.460 e. The minimum absolute atomic E-state index is 0.107. The van der Waals surface area contributed by atoms with E-state index in [1.807, 2.05) is 37.3 Å². The van der Waals surface area contributed by atoms with Crippen LogP contribution in [0.15, 0.2) is 71.6 Å². The molecule has 0 aliphatic rings. The summed E-state index contributed by atoms with van der Waals surface area (Å²) in [4.78, 5) is 12.7. The summed E-state index contributed by atoms with van der Waals surface area (Å²) in [5, 5.41) is 0. The Morgan fingerprint density at radius 2 is 1.63 bits per heavy atom. The molecule has 0 N–H and O–H groups in total. The molecule has 2 rings (SSSR count). The lowest BCUT2D eigenvalue weighted by molar-refractivity contribution is -0.155. The Morgan fingerprint density at radius 1 is 1.07 bits per heavy atom. The van der Waals surface area contributed by atoms with Crippen LogP contribution in [-0.2, 0) is 26.1 Å². The van der Waals surface area contributed by atoms with Gasteiger partial charge in [0.1, 0.15) is 5.60 Å². The van der Waals surface area contributed by atoms with Crippen LogP contribution in [0.1, 0.15) is 45.2 Å². The van der Waals surface area contributed by atoms with E-state index in [1.54, 1.807) is 52.0 Å². The van der Waals surface area contributed by atoms with Crippen molar-refractivity contribution < 1.29 is 17.9 Å². The van der Waals surface area contributed by atoms with E-state index in [0.29, 0.717) is 5.57 Å². The third kappa shape index (κ3) is 6.54. The van der Waals surface area contributed by atoms with E-state index in [9.17, 15) is 13.2 Å². The van der Waals surface area contributed by atoms with Gasteiger partial charge in [-0.25, -0.2) is 8.42 Å². The highest BCUT2D eigenvalue weighted by Crippen LogP contribution is 2.27. The molecule has 0 bridgehead atoms. The van der Waals surface area contributed by atoms with Crippen molar-refractivity contribution >= 4 is 16.0 Å². The van der Waals surface area contributed by atoms with Gasteiger partial charge in [0, 0.05) is 6.54 Å². The van der Waals surface area contributed by atoms with Gasteiger partial charge in [-0.3, -0.25) is 4.79 Å². The van der Waals surface area contributed by atoms with Crippen molar-refractivity contribution in [3.8, 4) is 0 Å². The van der Waals surface area contributed by atoms with Crippen LogP contribution in [0, 0.1) is 6.92 Å². The third-order valence-corrected chi connectivity index (χ3v) is 6.37. The van der Waals surface area contributed by atoms with Gasteiger partial charge in [0.25, 0.3) is 0 Å². The van der Waals surface area contributed by atoms with E-state index in [0.717, 1.165) is 11.1 Å². The second-order valence-corrected chi connectivity index (χ2v) is 10.4. The van der Waals surface area contributed by atoms with E-state index in [-0.39, 0.29) is 17.9 Å². The molecule has 2 aromatic carbocycles. The van der Waals surface area contributed by atoms with Crippen LogP contribution in [0.4, 0.5) is 0 Å². The van der Waals surface area contributed by atoms with Crippen molar-refractivity contribution in [2.45, 2.75) is 64.1 Å². The predicted octanol–water partition coefficient (Wildman–Crippen LogP) is 4.86. The van der Waals surface area contributed by atoms with Gasteiger partial charge in [-0.05, 0) is 52.3 Å². The molecule has 30 heavy (non-hydrogen) atoms. The first-order chi connectivity index (χ1) is 13.9. The summed E-state index contributed by atoms with van der Waals surface area (Å²) in [6.07, 6.45) is -0.107. The number of hydrogen-bond donors (Lipinski definition) is 0. The van der Waals surface area contributed by atoms with Crippen LogP contribution >= 0.6 is 0 Å². The number of carbonyl (C=O) groups excluding carboxylic acids is 1. The molecule has 2 aromatic rings. The molecule has 6 heteroatoms. The van der Waals surface area contributed by atoms with E-state index in [4.69, 9.17) is 4.74 Å². The second-order valence-electron chi connectivity index (χ2n) is 8.50. The molecule has 162 valence electrons. The summed E-state index contributed by atoms with van der Waals surface area (Å²) in [5.74, 6) is -0.465. The number of carbonyl (C=O) groups is 1. The van der Waals surface area contributed by atoms with Gasteiger partial charge in [0.05, 0.1) is 17.4 Å². The Labute approximate surface area is 180 Å². The fourth-order valence-corrected chi connectivity index (χ4v) is 4.69. The Balaban J connectivity index is 2.48. The SMILES string of the molecule is C=C(C)C(CC(=O)OC(C)(C)C)N(Cc1ccccc1)S(=O)(=O)c1ccc(C)cc1. The van der Waals surface area contributed by atoms with Crippen molar-refractivity contribution in [3.63, 3.8) is 0 Å². The normalized spacial score (nSPS) is 13.1. The summed E-state index contributed by atoms with van der Waals surface area (Å²) in [6, 6.07) is 15.3. The highest BCUT2D eigenvalue weighted by Gasteiger charge is 2.34. The molecule has 0 aliphatic carbocycles. The van der Waals surface area contributed by atoms with Gasteiger partial charge in [-0.15, -0.1) is 0 Å². The minimum Gasteiger partial charge on any atom is -0.460 e. The summed E-state index contributed by atoms with van der Waals surface area (Å²) < 4.78 is 34.0. The van der Waals surface area contributed by atoms with Crippen molar-refractivity contribution in [1.29, 1.82) is 0 Å². The van der Waals surface area contributed by atoms with Crippen molar-refractivity contribution in [2.24, 2.45) is 0 Å². The molecule has 0 spiro atoms. The molecule has 5 nitrogen and oxygen atoms in total. The molecular weight excluding hydrogens is 398 g/mol. The maximum Gasteiger partial charge on any atom is 0.308 e. The zero-order valence-corrected chi connectivity index (χ0v) is 19.2.